The van der Waals surface area contributed by atoms with Crippen LogP contribution in [0.2, 0.25) is 0 Å². The van der Waals surface area contributed by atoms with E-state index < -0.39 is 0 Å². The van der Waals surface area contributed by atoms with Crippen LogP contribution < -0.4 is 10.6 Å². The number of halogens is 1. The van der Waals surface area contributed by atoms with Gasteiger partial charge in [-0.15, -0.1) is 11.8 Å². The summed E-state index contributed by atoms with van der Waals surface area (Å²) in [5.41, 5.74) is 3.36. The van der Waals surface area contributed by atoms with Gasteiger partial charge < -0.3 is 15.2 Å². The molecule has 1 heterocycles. The fourth-order valence-electron chi connectivity index (χ4n) is 3.48. The monoisotopic (exact) mass is 461 g/mol. The topological polar surface area (TPSA) is 63.1 Å². The Kier molecular flexibility index (Phi) is 7.10. The molecule has 5 nitrogen and oxygen atoms in total. The number of carbonyl (C=O) groups excluding carboxylic acids is 2. The lowest BCUT2D eigenvalue weighted by Crippen LogP contribution is -2.27. The molecule has 4 rings (SSSR count). The number of anilines is 1. The van der Waals surface area contributed by atoms with E-state index in [2.05, 4.69) is 15.2 Å². The maximum atomic E-state index is 13.0. The van der Waals surface area contributed by atoms with Gasteiger partial charge in [-0.05, 0) is 49.4 Å². The van der Waals surface area contributed by atoms with Gasteiger partial charge in [-0.25, -0.2) is 4.39 Å². The number of nitrogens with one attached hydrogen (secondary N) is 2. The van der Waals surface area contributed by atoms with Crippen LogP contribution in [0.4, 0.5) is 10.1 Å². The van der Waals surface area contributed by atoms with Gasteiger partial charge in [0.15, 0.2) is 0 Å². The lowest BCUT2D eigenvalue weighted by molar-refractivity contribution is -0.113. The fourth-order valence-corrected chi connectivity index (χ4v) is 4.37. The number of nitrogens with zero attached hydrogens (tertiary/aromatic N) is 1. The zero-order chi connectivity index (χ0) is 23.2. The van der Waals surface area contributed by atoms with Gasteiger partial charge in [0.1, 0.15) is 5.82 Å². The first kappa shape index (κ1) is 22.6. The van der Waals surface area contributed by atoms with Crippen molar-refractivity contribution in [1.29, 1.82) is 0 Å². The number of rotatable bonds is 8. The highest BCUT2D eigenvalue weighted by atomic mass is 32.2. The second-order valence-electron chi connectivity index (χ2n) is 7.67. The average Bonchev–Trinajstić information content (AvgIpc) is 3.17. The first-order valence-electron chi connectivity index (χ1n) is 10.6. The summed E-state index contributed by atoms with van der Waals surface area (Å²) in [6.07, 6.45) is 2.01. The third kappa shape index (κ3) is 5.81. The number of benzene rings is 3. The zero-order valence-corrected chi connectivity index (χ0v) is 19.0. The Labute approximate surface area is 196 Å². The van der Waals surface area contributed by atoms with Gasteiger partial charge in [-0.2, -0.15) is 0 Å². The second kappa shape index (κ2) is 10.4. The highest BCUT2D eigenvalue weighted by Gasteiger charge is 2.12. The Balaban J connectivity index is 1.37. The number of fused-ring (bicyclic) bond motifs is 1. The summed E-state index contributed by atoms with van der Waals surface area (Å²) >= 11 is 1.44. The van der Waals surface area contributed by atoms with Crippen LogP contribution in [0, 0.1) is 12.7 Å². The van der Waals surface area contributed by atoms with Crippen molar-refractivity contribution >= 4 is 40.2 Å². The minimum Gasteiger partial charge on any atom is -0.350 e. The van der Waals surface area contributed by atoms with Gasteiger partial charge in [0.25, 0.3) is 5.91 Å². The molecular weight excluding hydrogens is 437 g/mol. The van der Waals surface area contributed by atoms with Gasteiger partial charge in [0, 0.05) is 46.3 Å². The third-order valence-corrected chi connectivity index (χ3v) is 6.23. The van der Waals surface area contributed by atoms with Crippen molar-refractivity contribution in [1.82, 2.24) is 9.88 Å². The van der Waals surface area contributed by atoms with Crippen LogP contribution >= 0.6 is 11.8 Å². The maximum Gasteiger partial charge on any atom is 0.251 e. The number of amides is 2. The first-order valence-corrected chi connectivity index (χ1v) is 11.6. The van der Waals surface area contributed by atoms with Crippen molar-refractivity contribution in [3.8, 4) is 0 Å². The van der Waals surface area contributed by atoms with Crippen molar-refractivity contribution in [2.75, 3.05) is 17.6 Å². The van der Waals surface area contributed by atoms with Gasteiger partial charge in [-0.3, -0.25) is 9.59 Å². The molecule has 0 aliphatic rings. The van der Waals surface area contributed by atoms with Gasteiger partial charge in [-0.1, -0.05) is 35.9 Å². The van der Waals surface area contributed by atoms with Crippen molar-refractivity contribution in [2.45, 2.75) is 18.4 Å². The molecule has 0 atom stereocenters. The van der Waals surface area contributed by atoms with Crippen molar-refractivity contribution in [3.05, 3.63) is 95.9 Å². The Morgan fingerprint density at radius 2 is 1.70 bits per heavy atom. The van der Waals surface area contributed by atoms with E-state index in [4.69, 9.17) is 0 Å². The predicted molar refractivity (Wildman–Crippen MR) is 131 cm³/mol. The molecule has 7 heteroatoms. The molecule has 0 radical (unpaired) electrons. The molecule has 2 N–H and O–H groups in total. The third-order valence-electron chi connectivity index (χ3n) is 5.19. The Hall–Kier alpha value is -3.58. The molecule has 0 bridgehead atoms. The minimum atomic E-state index is -0.342. The number of hydrogen-bond donors (Lipinski definition) is 2. The van der Waals surface area contributed by atoms with Crippen LogP contribution in [-0.2, 0) is 11.3 Å². The van der Waals surface area contributed by atoms with E-state index in [1.54, 1.807) is 0 Å². The molecule has 0 saturated heterocycles. The van der Waals surface area contributed by atoms with Crippen molar-refractivity contribution in [2.24, 2.45) is 0 Å². The molecule has 4 aromatic rings. The molecule has 3 aromatic carbocycles. The average molecular weight is 462 g/mol. The van der Waals surface area contributed by atoms with E-state index in [1.165, 1.54) is 36.0 Å². The summed E-state index contributed by atoms with van der Waals surface area (Å²) in [7, 11) is 0. The smallest absolute Gasteiger partial charge is 0.251 e. The number of carbonyl (C=O) groups is 2. The summed E-state index contributed by atoms with van der Waals surface area (Å²) < 4.78 is 15.1. The van der Waals surface area contributed by atoms with E-state index in [-0.39, 0.29) is 23.4 Å². The van der Waals surface area contributed by atoms with E-state index >= 15 is 0 Å². The molecule has 0 unspecified atom stereocenters. The van der Waals surface area contributed by atoms with E-state index in [9.17, 15) is 14.0 Å². The summed E-state index contributed by atoms with van der Waals surface area (Å²) in [5, 5.41) is 6.80. The van der Waals surface area contributed by atoms with Crippen molar-refractivity contribution < 1.29 is 14.0 Å². The molecule has 2 amide bonds. The van der Waals surface area contributed by atoms with Gasteiger partial charge >= 0.3 is 0 Å². The van der Waals surface area contributed by atoms with Crippen LogP contribution in [0.5, 0.6) is 0 Å². The second-order valence-corrected chi connectivity index (χ2v) is 8.69. The lowest BCUT2D eigenvalue weighted by atomic mass is 10.1. The van der Waals surface area contributed by atoms with E-state index in [0.29, 0.717) is 24.3 Å². The summed E-state index contributed by atoms with van der Waals surface area (Å²) in [6.45, 7) is 3.09. The number of aromatic nitrogens is 1. The Morgan fingerprint density at radius 1 is 0.970 bits per heavy atom. The van der Waals surface area contributed by atoms with E-state index in [0.717, 1.165) is 21.4 Å². The van der Waals surface area contributed by atoms with Crippen LogP contribution in [0.1, 0.15) is 15.9 Å². The Bertz CT molecular complexity index is 1270. The maximum absolute atomic E-state index is 13.0. The molecule has 0 spiro atoms. The summed E-state index contributed by atoms with van der Waals surface area (Å²) in [4.78, 5) is 25.7. The lowest BCUT2D eigenvalue weighted by Gasteiger charge is -2.08. The molecular formula is C26H24FN3O2S. The van der Waals surface area contributed by atoms with Gasteiger partial charge in [0.2, 0.25) is 5.91 Å². The number of thioether (sulfide) groups is 1. The van der Waals surface area contributed by atoms with Crippen LogP contribution in [0.25, 0.3) is 10.9 Å². The molecule has 168 valence electrons. The number of hydrogen-bond acceptors (Lipinski definition) is 3. The molecule has 0 aliphatic heterocycles. The zero-order valence-electron chi connectivity index (χ0n) is 18.2. The summed E-state index contributed by atoms with van der Waals surface area (Å²) in [6, 6.07) is 21.2. The predicted octanol–water partition coefficient (Wildman–Crippen LogP) is 5.25. The highest BCUT2D eigenvalue weighted by Crippen LogP contribution is 2.30. The first-order chi connectivity index (χ1) is 16.0. The van der Waals surface area contributed by atoms with Gasteiger partial charge in [0.05, 0.1) is 5.75 Å². The number of aryl methyl sites for hydroxylation is 1. The largest absolute Gasteiger partial charge is 0.350 e. The minimum absolute atomic E-state index is 0.0986. The highest BCUT2D eigenvalue weighted by molar-refractivity contribution is 8.00. The summed E-state index contributed by atoms with van der Waals surface area (Å²) in [5.74, 6) is -0.368. The van der Waals surface area contributed by atoms with Crippen LogP contribution in [-0.4, -0.2) is 28.7 Å². The normalized spacial score (nSPS) is 10.8. The Morgan fingerprint density at radius 3 is 2.45 bits per heavy atom. The molecule has 33 heavy (non-hydrogen) atoms. The standard InChI is InChI=1S/C26H24FN3O2S/c1-18-6-8-19(9-7-18)26(32)28-14-15-30-16-24(22-4-2-3-5-23(22)30)33-17-25(31)29-21-12-10-20(27)11-13-21/h2-13,16H,14-15,17H2,1H3,(H,28,32)(H,29,31). The van der Waals surface area contributed by atoms with E-state index in [1.807, 2.05) is 61.7 Å². The van der Waals surface area contributed by atoms with Crippen molar-refractivity contribution in [3.63, 3.8) is 0 Å². The molecule has 0 fully saturated rings. The fraction of sp³-hybridized carbons (Fsp3) is 0.154. The molecule has 1 aromatic heterocycles. The van der Waals surface area contributed by atoms with Crippen LogP contribution in [0.15, 0.2) is 83.9 Å². The van der Waals surface area contributed by atoms with Crippen LogP contribution in [0.3, 0.4) is 0 Å². The molecule has 0 aliphatic carbocycles. The molecule has 0 saturated carbocycles. The number of para-hydroxylation sites is 1. The quantitative estimate of drug-likeness (QED) is 0.352. The SMILES string of the molecule is Cc1ccc(C(=O)NCCn2cc(SCC(=O)Nc3ccc(F)cc3)c3ccccc32)cc1.